The van der Waals surface area contributed by atoms with Gasteiger partial charge in [0.25, 0.3) is 0 Å². The molecule has 0 atom stereocenters. The van der Waals surface area contributed by atoms with Gasteiger partial charge in [-0.2, -0.15) is 0 Å². The Kier molecular flexibility index (Phi) is 7.24. The fraction of sp³-hybridized carbons (Fsp3) is 0.208. The first-order valence-electron chi connectivity index (χ1n) is 10.1. The fourth-order valence-electron chi connectivity index (χ4n) is 3.26. The van der Waals surface area contributed by atoms with Crippen LogP contribution in [0.25, 0.3) is 10.7 Å². The van der Waals surface area contributed by atoms with Crippen molar-refractivity contribution in [2.75, 3.05) is 19.9 Å². The average molecular weight is 465 g/mol. The Hall–Kier alpha value is -3.10. The monoisotopic (exact) mass is 464 g/mol. The molecule has 4 rings (SSSR count). The summed E-state index contributed by atoms with van der Waals surface area (Å²) in [6.07, 6.45) is 0. The van der Waals surface area contributed by atoms with Gasteiger partial charge < -0.3 is 9.64 Å². The Labute approximate surface area is 195 Å². The quantitative estimate of drug-likeness (QED) is 0.333. The van der Waals surface area contributed by atoms with E-state index in [1.165, 1.54) is 11.8 Å². The van der Waals surface area contributed by atoms with E-state index in [1.54, 1.807) is 23.3 Å². The standard InChI is InChI=1S/C24H24N4O2S2/c1-27(15-19-10-6-11-20(14-19)30-2)22(29)17-32-24-26-25-23(21-12-7-13-31-21)28(24)16-18-8-4-3-5-9-18/h3-14H,15-17H2,1-2H3. The molecule has 0 fully saturated rings. The molecule has 164 valence electrons. The van der Waals surface area contributed by atoms with Crippen LogP contribution in [0, 0.1) is 0 Å². The van der Waals surface area contributed by atoms with Gasteiger partial charge in [0.1, 0.15) is 5.75 Å². The van der Waals surface area contributed by atoms with Gasteiger partial charge in [-0.15, -0.1) is 21.5 Å². The number of rotatable bonds is 9. The first kappa shape index (κ1) is 22.1. The Morgan fingerprint density at radius 3 is 2.62 bits per heavy atom. The molecule has 0 spiro atoms. The minimum Gasteiger partial charge on any atom is -0.497 e. The predicted octanol–water partition coefficient (Wildman–Crippen LogP) is 4.81. The van der Waals surface area contributed by atoms with Crippen LogP contribution >= 0.6 is 23.1 Å². The molecule has 32 heavy (non-hydrogen) atoms. The molecular formula is C24H24N4O2S2. The van der Waals surface area contributed by atoms with Crippen LogP contribution < -0.4 is 4.74 Å². The molecule has 0 N–H and O–H groups in total. The first-order valence-corrected chi connectivity index (χ1v) is 12.0. The van der Waals surface area contributed by atoms with E-state index in [1.807, 2.05) is 67.0 Å². The van der Waals surface area contributed by atoms with E-state index in [0.29, 0.717) is 13.1 Å². The van der Waals surface area contributed by atoms with E-state index in [0.717, 1.165) is 32.7 Å². The number of hydrogen-bond donors (Lipinski definition) is 0. The zero-order valence-electron chi connectivity index (χ0n) is 18.0. The largest absolute Gasteiger partial charge is 0.497 e. The maximum absolute atomic E-state index is 12.8. The van der Waals surface area contributed by atoms with Gasteiger partial charge in [-0.05, 0) is 34.7 Å². The highest BCUT2D eigenvalue weighted by Gasteiger charge is 2.18. The van der Waals surface area contributed by atoms with Gasteiger partial charge in [-0.1, -0.05) is 60.3 Å². The van der Waals surface area contributed by atoms with Crippen LogP contribution in [-0.2, 0) is 17.9 Å². The molecule has 0 saturated carbocycles. The maximum Gasteiger partial charge on any atom is 0.233 e. The normalized spacial score (nSPS) is 10.8. The summed E-state index contributed by atoms with van der Waals surface area (Å²) in [5.41, 5.74) is 2.19. The van der Waals surface area contributed by atoms with Crippen molar-refractivity contribution in [1.29, 1.82) is 0 Å². The van der Waals surface area contributed by atoms with Crippen molar-refractivity contribution in [3.8, 4) is 16.5 Å². The van der Waals surface area contributed by atoms with Gasteiger partial charge in [0.15, 0.2) is 11.0 Å². The Bertz CT molecular complexity index is 1160. The smallest absolute Gasteiger partial charge is 0.233 e. The molecule has 2 aromatic carbocycles. The van der Waals surface area contributed by atoms with Crippen molar-refractivity contribution in [1.82, 2.24) is 19.7 Å². The number of thiophene rings is 1. The highest BCUT2D eigenvalue weighted by molar-refractivity contribution is 7.99. The van der Waals surface area contributed by atoms with Crippen LogP contribution in [0.1, 0.15) is 11.1 Å². The molecule has 0 aliphatic heterocycles. The molecule has 2 aromatic heterocycles. The molecule has 0 bridgehead atoms. The zero-order valence-corrected chi connectivity index (χ0v) is 19.6. The lowest BCUT2D eigenvalue weighted by Crippen LogP contribution is -2.28. The van der Waals surface area contributed by atoms with Crippen LogP contribution in [0.4, 0.5) is 0 Å². The summed E-state index contributed by atoms with van der Waals surface area (Å²) < 4.78 is 7.36. The van der Waals surface area contributed by atoms with E-state index in [2.05, 4.69) is 26.9 Å². The molecule has 4 aromatic rings. The van der Waals surface area contributed by atoms with Gasteiger partial charge in [-0.3, -0.25) is 9.36 Å². The summed E-state index contributed by atoms with van der Waals surface area (Å²) in [6, 6.07) is 22.0. The lowest BCUT2D eigenvalue weighted by molar-refractivity contribution is -0.127. The number of nitrogens with zero attached hydrogens (tertiary/aromatic N) is 4. The molecule has 0 aliphatic carbocycles. The van der Waals surface area contributed by atoms with Gasteiger partial charge in [-0.25, -0.2) is 0 Å². The van der Waals surface area contributed by atoms with Crippen molar-refractivity contribution in [2.45, 2.75) is 18.2 Å². The van der Waals surface area contributed by atoms with Crippen molar-refractivity contribution < 1.29 is 9.53 Å². The zero-order chi connectivity index (χ0) is 22.3. The van der Waals surface area contributed by atoms with Crippen molar-refractivity contribution in [2.24, 2.45) is 0 Å². The number of thioether (sulfide) groups is 1. The van der Waals surface area contributed by atoms with Crippen molar-refractivity contribution >= 4 is 29.0 Å². The average Bonchev–Trinajstić information content (AvgIpc) is 3.48. The number of methoxy groups -OCH3 is 1. The molecule has 2 heterocycles. The summed E-state index contributed by atoms with van der Waals surface area (Å²) in [6.45, 7) is 1.17. The van der Waals surface area contributed by atoms with Crippen LogP contribution in [0.15, 0.2) is 77.3 Å². The number of carbonyl (C=O) groups excluding carboxylic acids is 1. The van der Waals surface area contributed by atoms with Crippen molar-refractivity contribution in [3.63, 3.8) is 0 Å². The second-order valence-electron chi connectivity index (χ2n) is 7.25. The molecule has 0 radical (unpaired) electrons. The Morgan fingerprint density at radius 1 is 1.06 bits per heavy atom. The third kappa shape index (κ3) is 5.38. The number of hydrogen-bond acceptors (Lipinski definition) is 6. The molecule has 0 saturated heterocycles. The van der Waals surface area contributed by atoms with Crippen LogP contribution in [0.2, 0.25) is 0 Å². The molecule has 8 heteroatoms. The maximum atomic E-state index is 12.8. The second kappa shape index (κ2) is 10.5. The SMILES string of the molecule is COc1cccc(CN(C)C(=O)CSc2nnc(-c3cccs3)n2Cc2ccccc2)c1. The van der Waals surface area contributed by atoms with Gasteiger partial charge in [0.05, 0.1) is 24.3 Å². The number of aromatic nitrogens is 3. The Balaban J connectivity index is 1.47. The topological polar surface area (TPSA) is 60.2 Å². The first-order chi connectivity index (χ1) is 15.6. The fourth-order valence-corrected chi connectivity index (χ4v) is 4.86. The minimum atomic E-state index is 0.0322. The highest BCUT2D eigenvalue weighted by atomic mass is 32.2. The molecule has 0 unspecified atom stereocenters. The van der Waals surface area contributed by atoms with Gasteiger partial charge >= 0.3 is 0 Å². The van der Waals surface area contributed by atoms with Crippen LogP contribution in [0.5, 0.6) is 5.75 Å². The summed E-state index contributed by atoms with van der Waals surface area (Å²) in [5, 5.41) is 11.6. The van der Waals surface area contributed by atoms with Crippen molar-refractivity contribution in [3.05, 3.63) is 83.2 Å². The summed E-state index contributed by atoms with van der Waals surface area (Å²) in [5.74, 6) is 1.93. The molecule has 0 aliphatic rings. The van der Waals surface area contributed by atoms with Crippen LogP contribution in [-0.4, -0.2) is 45.5 Å². The van der Waals surface area contributed by atoms with E-state index in [-0.39, 0.29) is 11.7 Å². The lowest BCUT2D eigenvalue weighted by Gasteiger charge is -2.17. The number of ether oxygens (including phenoxy) is 1. The Morgan fingerprint density at radius 2 is 1.88 bits per heavy atom. The summed E-state index contributed by atoms with van der Waals surface area (Å²) in [7, 11) is 3.45. The predicted molar refractivity (Wildman–Crippen MR) is 129 cm³/mol. The number of amides is 1. The van der Waals surface area contributed by atoms with Gasteiger partial charge in [0.2, 0.25) is 5.91 Å². The molecular weight excluding hydrogens is 440 g/mol. The van der Waals surface area contributed by atoms with E-state index in [9.17, 15) is 4.79 Å². The van der Waals surface area contributed by atoms with Gasteiger partial charge in [0, 0.05) is 13.6 Å². The highest BCUT2D eigenvalue weighted by Crippen LogP contribution is 2.28. The third-order valence-corrected chi connectivity index (χ3v) is 6.76. The summed E-state index contributed by atoms with van der Waals surface area (Å²) >= 11 is 3.05. The van der Waals surface area contributed by atoms with E-state index < -0.39 is 0 Å². The number of benzene rings is 2. The third-order valence-electron chi connectivity index (χ3n) is 4.95. The molecule has 1 amide bonds. The van der Waals surface area contributed by atoms with E-state index >= 15 is 0 Å². The minimum absolute atomic E-state index is 0.0322. The van der Waals surface area contributed by atoms with E-state index in [4.69, 9.17) is 4.74 Å². The lowest BCUT2D eigenvalue weighted by atomic mass is 10.2. The summed E-state index contributed by atoms with van der Waals surface area (Å²) in [4.78, 5) is 15.6. The number of carbonyl (C=O) groups is 1. The second-order valence-corrected chi connectivity index (χ2v) is 9.14. The van der Waals surface area contributed by atoms with Crippen LogP contribution in [0.3, 0.4) is 0 Å². The molecule has 6 nitrogen and oxygen atoms in total.